The molecule has 0 amide bonds. The third-order valence-corrected chi connectivity index (χ3v) is 5.09. The summed E-state index contributed by atoms with van der Waals surface area (Å²) >= 11 is 12.0. The molecule has 0 fully saturated rings. The van der Waals surface area contributed by atoms with Crippen molar-refractivity contribution in [1.29, 1.82) is 0 Å². The number of methoxy groups -OCH3 is 1. The number of nitrogens with two attached hydrogens (primary N) is 1. The van der Waals surface area contributed by atoms with E-state index in [2.05, 4.69) is 4.72 Å². The predicted octanol–water partition coefficient (Wildman–Crippen LogP) is 2.16. The third-order valence-electron chi connectivity index (χ3n) is 2.77. The number of rotatable bonds is 7. The van der Waals surface area contributed by atoms with E-state index in [0.717, 1.165) is 0 Å². The predicted molar refractivity (Wildman–Crippen MR) is 80.6 cm³/mol. The normalized spacial score (nSPS) is 13.4. The minimum absolute atomic E-state index is 0.0679. The number of sulfonamides is 1. The van der Waals surface area contributed by atoms with Crippen LogP contribution in [0.4, 0.5) is 0 Å². The molecule has 0 aliphatic rings. The van der Waals surface area contributed by atoms with Crippen molar-refractivity contribution in [3.8, 4) is 0 Å². The number of benzene rings is 1. The van der Waals surface area contributed by atoms with Crippen LogP contribution in [-0.2, 0) is 21.3 Å². The fourth-order valence-electron chi connectivity index (χ4n) is 1.68. The van der Waals surface area contributed by atoms with Crippen LogP contribution in [0.3, 0.4) is 0 Å². The molecule has 1 unspecified atom stereocenters. The molecule has 0 radical (unpaired) electrons. The van der Waals surface area contributed by atoms with Gasteiger partial charge in [0.1, 0.15) is 4.90 Å². The zero-order chi connectivity index (χ0) is 15.3. The van der Waals surface area contributed by atoms with E-state index in [9.17, 15) is 8.42 Å². The number of nitrogens with one attached hydrogen (secondary N) is 1. The summed E-state index contributed by atoms with van der Waals surface area (Å²) in [5, 5.41) is 0.367. The van der Waals surface area contributed by atoms with E-state index in [1.807, 2.05) is 6.92 Å². The first-order chi connectivity index (χ1) is 9.35. The molecular formula is C12H18Cl2N2O3S. The van der Waals surface area contributed by atoms with Gasteiger partial charge in [-0.15, -0.1) is 0 Å². The SMILES string of the molecule is CCC(COC)NS(=O)(=O)c1cc(Cl)cc(CN)c1Cl. The molecule has 1 aromatic rings. The second kappa shape index (κ2) is 7.59. The lowest BCUT2D eigenvalue weighted by atomic mass is 10.2. The van der Waals surface area contributed by atoms with Crippen LogP contribution in [0.1, 0.15) is 18.9 Å². The van der Waals surface area contributed by atoms with E-state index in [-0.39, 0.29) is 34.1 Å². The van der Waals surface area contributed by atoms with Crippen LogP contribution in [0.5, 0.6) is 0 Å². The van der Waals surface area contributed by atoms with Gasteiger partial charge < -0.3 is 10.5 Å². The molecule has 1 aromatic carbocycles. The Hall–Kier alpha value is -0.370. The lowest BCUT2D eigenvalue weighted by Gasteiger charge is -2.17. The van der Waals surface area contributed by atoms with Gasteiger partial charge in [0.2, 0.25) is 10.0 Å². The lowest BCUT2D eigenvalue weighted by Crippen LogP contribution is -2.37. The van der Waals surface area contributed by atoms with Crippen LogP contribution in [0.15, 0.2) is 17.0 Å². The van der Waals surface area contributed by atoms with E-state index >= 15 is 0 Å². The van der Waals surface area contributed by atoms with E-state index in [1.54, 1.807) is 6.07 Å². The molecule has 0 aromatic heterocycles. The molecule has 20 heavy (non-hydrogen) atoms. The smallest absolute Gasteiger partial charge is 0.242 e. The quantitative estimate of drug-likeness (QED) is 0.796. The van der Waals surface area contributed by atoms with Crippen molar-refractivity contribution in [2.24, 2.45) is 5.73 Å². The Balaban J connectivity index is 3.18. The molecule has 0 aliphatic heterocycles. The van der Waals surface area contributed by atoms with Crippen LogP contribution in [0.25, 0.3) is 0 Å². The third kappa shape index (κ3) is 4.31. The lowest BCUT2D eigenvalue weighted by molar-refractivity contribution is 0.173. The van der Waals surface area contributed by atoms with Gasteiger partial charge in [-0.05, 0) is 24.1 Å². The zero-order valence-corrected chi connectivity index (χ0v) is 13.6. The Morgan fingerprint density at radius 2 is 2.05 bits per heavy atom. The monoisotopic (exact) mass is 340 g/mol. The van der Waals surface area contributed by atoms with Crippen LogP contribution >= 0.6 is 23.2 Å². The van der Waals surface area contributed by atoms with E-state index in [1.165, 1.54) is 13.2 Å². The van der Waals surface area contributed by atoms with Gasteiger partial charge in [0.25, 0.3) is 0 Å². The topological polar surface area (TPSA) is 81.4 Å². The molecule has 0 saturated heterocycles. The molecule has 0 aliphatic carbocycles. The van der Waals surface area contributed by atoms with Crippen molar-refractivity contribution in [1.82, 2.24) is 4.72 Å². The fourth-order valence-corrected chi connectivity index (χ4v) is 3.93. The Bertz CT molecular complexity index is 564. The second-order valence-corrected chi connectivity index (χ2v) is 6.76. The Morgan fingerprint density at radius 1 is 1.40 bits per heavy atom. The van der Waals surface area contributed by atoms with Gasteiger partial charge in [-0.25, -0.2) is 13.1 Å². The first-order valence-electron chi connectivity index (χ1n) is 6.05. The van der Waals surface area contributed by atoms with E-state index in [4.69, 9.17) is 33.7 Å². The standard InChI is InChI=1S/C12H18Cl2N2O3S/c1-3-10(7-19-2)16-20(17,18)11-5-9(13)4-8(6-15)12(11)14/h4-5,10,16H,3,6-7,15H2,1-2H3. The van der Waals surface area contributed by atoms with Crippen molar-refractivity contribution in [3.05, 3.63) is 27.7 Å². The molecule has 0 saturated carbocycles. The van der Waals surface area contributed by atoms with Crippen LogP contribution < -0.4 is 10.5 Å². The van der Waals surface area contributed by atoms with Gasteiger partial charge in [-0.3, -0.25) is 0 Å². The highest BCUT2D eigenvalue weighted by Crippen LogP contribution is 2.29. The average Bonchev–Trinajstić information content (AvgIpc) is 2.40. The Labute approximate surface area is 129 Å². The Kier molecular flexibility index (Phi) is 6.71. The maximum atomic E-state index is 12.4. The molecule has 5 nitrogen and oxygen atoms in total. The summed E-state index contributed by atoms with van der Waals surface area (Å²) in [6.07, 6.45) is 0.592. The van der Waals surface area contributed by atoms with Crippen LogP contribution in [0, 0.1) is 0 Å². The van der Waals surface area contributed by atoms with Gasteiger partial charge in [0.05, 0.1) is 11.6 Å². The molecule has 3 N–H and O–H groups in total. The summed E-state index contributed by atoms with van der Waals surface area (Å²) in [4.78, 5) is -0.0679. The largest absolute Gasteiger partial charge is 0.383 e. The first-order valence-corrected chi connectivity index (χ1v) is 8.28. The van der Waals surface area contributed by atoms with Crippen LogP contribution in [-0.4, -0.2) is 28.2 Å². The van der Waals surface area contributed by atoms with Crippen molar-refractivity contribution in [3.63, 3.8) is 0 Å². The van der Waals surface area contributed by atoms with Crippen molar-refractivity contribution in [2.75, 3.05) is 13.7 Å². The summed E-state index contributed by atoms with van der Waals surface area (Å²) in [5.41, 5.74) is 6.01. The molecule has 0 spiro atoms. The van der Waals surface area contributed by atoms with Gasteiger partial charge in [-0.2, -0.15) is 0 Å². The van der Waals surface area contributed by atoms with Gasteiger partial charge >= 0.3 is 0 Å². The molecule has 0 bridgehead atoms. The van der Waals surface area contributed by atoms with Gasteiger partial charge in [0.15, 0.2) is 0 Å². The Morgan fingerprint density at radius 3 is 2.55 bits per heavy atom. The van der Waals surface area contributed by atoms with Crippen molar-refractivity contribution >= 4 is 33.2 Å². The maximum absolute atomic E-state index is 12.4. The number of ether oxygens (including phenoxy) is 1. The van der Waals surface area contributed by atoms with Crippen molar-refractivity contribution < 1.29 is 13.2 Å². The molecule has 1 rings (SSSR count). The number of halogens is 2. The summed E-state index contributed by atoms with van der Waals surface area (Å²) < 4.78 is 32.2. The molecule has 114 valence electrons. The summed E-state index contributed by atoms with van der Waals surface area (Å²) in [6.45, 7) is 2.24. The highest BCUT2D eigenvalue weighted by molar-refractivity contribution is 7.89. The minimum atomic E-state index is -3.78. The summed E-state index contributed by atoms with van der Waals surface area (Å²) in [5.74, 6) is 0. The van der Waals surface area contributed by atoms with Crippen LogP contribution in [0.2, 0.25) is 10.0 Å². The van der Waals surface area contributed by atoms with Crippen molar-refractivity contribution in [2.45, 2.75) is 30.8 Å². The number of hydrogen-bond donors (Lipinski definition) is 2. The highest BCUT2D eigenvalue weighted by Gasteiger charge is 2.23. The van der Waals surface area contributed by atoms with Gasteiger partial charge in [0, 0.05) is 24.7 Å². The zero-order valence-electron chi connectivity index (χ0n) is 11.3. The second-order valence-electron chi connectivity index (χ2n) is 4.26. The van der Waals surface area contributed by atoms with Gasteiger partial charge in [-0.1, -0.05) is 30.1 Å². The average molecular weight is 341 g/mol. The summed E-state index contributed by atoms with van der Waals surface area (Å²) in [7, 11) is -2.27. The fraction of sp³-hybridized carbons (Fsp3) is 0.500. The maximum Gasteiger partial charge on any atom is 0.242 e. The highest BCUT2D eigenvalue weighted by atomic mass is 35.5. The molecule has 0 heterocycles. The minimum Gasteiger partial charge on any atom is -0.383 e. The summed E-state index contributed by atoms with van der Waals surface area (Å²) in [6, 6.07) is 2.53. The molecule has 1 atom stereocenters. The molecular weight excluding hydrogens is 323 g/mol. The van der Waals surface area contributed by atoms with E-state index < -0.39 is 10.0 Å². The molecule has 8 heteroatoms. The van der Waals surface area contributed by atoms with E-state index in [0.29, 0.717) is 12.0 Å². The first kappa shape index (κ1) is 17.7. The number of hydrogen-bond acceptors (Lipinski definition) is 4.